The minimum atomic E-state index is -0.963. The molecule has 1 unspecified atom stereocenters. The van der Waals surface area contributed by atoms with Crippen LogP contribution in [0, 0.1) is 0 Å². The third-order valence-electron chi connectivity index (χ3n) is 5.12. The average molecular weight is 400 g/mol. The molecule has 0 aliphatic carbocycles. The van der Waals surface area contributed by atoms with E-state index in [1.807, 2.05) is 12.1 Å². The molecule has 0 spiro atoms. The van der Waals surface area contributed by atoms with Crippen molar-refractivity contribution in [2.24, 2.45) is 0 Å². The van der Waals surface area contributed by atoms with Crippen LogP contribution in [0.15, 0.2) is 42.5 Å². The quantitative estimate of drug-likeness (QED) is 0.830. The van der Waals surface area contributed by atoms with Crippen molar-refractivity contribution < 1.29 is 19.5 Å². The zero-order valence-corrected chi connectivity index (χ0v) is 15.6. The van der Waals surface area contributed by atoms with Gasteiger partial charge in [-0.25, -0.2) is 4.79 Å². The van der Waals surface area contributed by atoms with E-state index < -0.39 is 11.9 Å². The number of benzene rings is 2. The molecule has 144 valence electrons. The van der Waals surface area contributed by atoms with Gasteiger partial charge in [0.2, 0.25) is 0 Å². The van der Waals surface area contributed by atoms with Crippen LogP contribution in [0.25, 0.3) is 0 Å². The molecule has 2 N–H and O–H groups in total. The van der Waals surface area contributed by atoms with E-state index in [1.54, 1.807) is 30.3 Å². The largest absolute Gasteiger partial charge is 0.481 e. The molecule has 0 radical (unpaired) electrons. The summed E-state index contributed by atoms with van der Waals surface area (Å²) in [6.45, 7) is 1.40. The molecule has 4 rings (SSSR count). The summed E-state index contributed by atoms with van der Waals surface area (Å²) in [7, 11) is 0. The van der Waals surface area contributed by atoms with E-state index in [4.69, 9.17) is 11.6 Å². The van der Waals surface area contributed by atoms with Gasteiger partial charge in [-0.15, -0.1) is 0 Å². The van der Waals surface area contributed by atoms with Crippen molar-refractivity contribution in [3.63, 3.8) is 0 Å². The Morgan fingerprint density at radius 3 is 2.68 bits per heavy atom. The molecule has 8 heteroatoms. The summed E-state index contributed by atoms with van der Waals surface area (Å²) in [6, 6.07) is 11.8. The molecule has 28 heavy (non-hydrogen) atoms. The van der Waals surface area contributed by atoms with Gasteiger partial charge in [0.05, 0.1) is 16.6 Å². The number of hydrogen-bond acceptors (Lipinski definition) is 3. The minimum Gasteiger partial charge on any atom is -0.481 e. The lowest BCUT2D eigenvalue weighted by Crippen LogP contribution is -2.40. The summed E-state index contributed by atoms with van der Waals surface area (Å²) in [5, 5.41) is 12.7. The first-order valence-corrected chi connectivity index (χ1v) is 9.28. The van der Waals surface area contributed by atoms with Crippen molar-refractivity contribution in [3.05, 3.63) is 64.2 Å². The number of anilines is 1. The number of rotatable bonds is 3. The molecule has 7 nitrogen and oxygen atoms in total. The van der Waals surface area contributed by atoms with Gasteiger partial charge in [-0.2, -0.15) is 0 Å². The second-order valence-electron chi connectivity index (χ2n) is 6.83. The Morgan fingerprint density at radius 1 is 1.18 bits per heavy atom. The van der Waals surface area contributed by atoms with Gasteiger partial charge in [0.1, 0.15) is 0 Å². The maximum atomic E-state index is 13.1. The number of nitrogens with zero attached hydrogens (tertiary/aromatic N) is 2. The lowest BCUT2D eigenvalue weighted by atomic mass is 9.89. The van der Waals surface area contributed by atoms with Gasteiger partial charge < -0.3 is 15.3 Å². The van der Waals surface area contributed by atoms with Crippen LogP contribution in [0.1, 0.15) is 27.4 Å². The number of carbonyl (C=O) groups excluding carboxylic acids is 2. The van der Waals surface area contributed by atoms with E-state index >= 15 is 0 Å². The summed E-state index contributed by atoms with van der Waals surface area (Å²) >= 11 is 6.24. The topological polar surface area (TPSA) is 89.9 Å². The molecular weight excluding hydrogens is 382 g/mol. The zero-order valence-electron chi connectivity index (χ0n) is 14.9. The molecule has 1 atom stereocenters. The molecule has 2 aliphatic heterocycles. The van der Waals surface area contributed by atoms with Crippen LogP contribution in [0.2, 0.25) is 5.02 Å². The highest BCUT2D eigenvalue weighted by Gasteiger charge is 2.33. The van der Waals surface area contributed by atoms with Crippen LogP contribution in [-0.2, 0) is 11.3 Å². The molecule has 0 saturated carbocycles. The van der Waals surface area contributed by atoms with Gasteiger partial charge >= 0.3 is 12.0 Å². The molecule has 2 aromatic carbocycles. The predicted molar refractivity (Wildman–Crippen MR) is 104 cm³/mol. The summed E-state index contributed by atoms with van der Waals surface area (Å²) in [4.78, 5) is 39.8. The number of amides is 3. The smallest absolute Gasteiger partial charge is 0.322 e. The Balaban J connectivity index is 1.65. The van der Waals surface area contributed by atoms with Crippen LogP contribution in [0.3, 0.4) is 0 Å². The number of halogens is 1. The number of aliphatic carboxylic acids is 1. The first-order chi connectivity index (χ1) is 13.5. The van der Waals surface area contributed by atoms with Crippen LogP contribution in [0.4, 0.5) is 10.5 Å². The molecule has 2 aliphatic rings. The van der Waals surface area contributed by atoms with Crippen LogP contribution >= 0.6 is 11.6 Å². The van der Waals surface area contributed by atoms with E-state index in [-0.39, 0.29) is 18.5 Å². The monoisotopic (exact) mass is 399 g/mol. The Labute approximate surface area is 166 Å². The second kappa shape index (κ2) is 7.16. The Morgan fingerprint density at radius 2 is 1.96 bits per heavy atom. The number of urea groups is 1. The van der Waals surface area contributed by atoms with Crippen molar-refractivity contribution in [1.82, 2.24) is 10.2 Å². The van der Waals surface area contributed by atoms with Gasteiger partial charge in [0.25, 0.3) is 5.91 Å². The van der Waals surface area contributed by atoms with Crippen molar-refractivity contribution in [1.29, 1.82) is 0 Å². The molecule has 2 heterocycles. The summed E-state index contributed by atoms with van der Waals surface area (Å²) in [6.07, 6.45) is 0. The summed E-state index contributed by atoms with van der Waals surface area (Å²) in [5.41, 5.74) is 2.39. The molecule has 0 bridgehead atoms. The number of fused-ring (bicyclic) bond motifs is 1. The number of hydrogen-bond donors (Lipinski definition) is 2. The molecule has 3 amide bonds. The third-order valence-corrected chi connectivity index (χ3v) is 5.44. The average Bonchev–Trinajstić information content (AvgIpc) is 3.12. The fourth-order valence-corrected chi connectivity index (χ4v) is 3.93. The van der Waals surface area contributed by atoms with Crippen molar-refractivity contribution in [3.8, 4) is 0 Å². The molecular formula is C20H18ClN3O4. The maximum Gasteiger partial charge on any atom is 0.322 e. The third kappa shape index (κ3) is 3.18. The standard InChI is InChI=1S/C20H18ClN3O4/c21-16-6-5-12(9-17(16)24-8-7-22-20(24)28)18(25)23-10-13-3-1-2-4-14(13)15(11-23)19(26)27/h1-6,9,15H,7-8,10-11H2,(H,22,28)(H,26,27). The van der Waals surface area contributed by atoms with E-state index in [2.05, 4.69) is 5.32 Å². The van der Waals surface area contributed by atoms with E-state index in [1.165, 1.54) is 9.80 Å². The Kier molecular flexibility index (Phi) is 4.68. The summed E-state index contributed by atoms with van der Waals surface area (Å²) < 4.78 is 0. The molecule has 1 saturated heterocycles. The van der Waals surface area contributed by atoms with E-state index in [0.29, 0.717) is 35.9 Å². The highest BCUT2D eigenvalue weighted by Crippen LogP contribution is 2.32. The fraction of sp³-hybridized carbons (Fsp3) is 0.250. The maximum absolute atomic E-state index is 13.1. The van der Waals surface area contributed by atoms with Gasteiger partial charge in [-0.05, 0) is 29.3 Å². The van der Waals surface area contributed by atoms with Gasteiger partial charge in [0.15, 0.2) is 0 Å². The van der Waals surface area contributed by atoms with E-state index in [0.717, 1.165) is 11.1 Å². The fourth-order valence-electron chi connectivity index (χ4n) is 3.71. The number of nitrogens with one attached hydrogen (secondary N) is 1. The van der Waals surface area contributed by atoms with Crippen molar-refractivity contribution in [2.45, 2.75) is 12.5 Å². The van der Waals surface area contributed by atoms with Gasteiger partial charge in [-0.3, -0.25) is 14.5 Å². The number of carboxylic acid groups (broad SMARTS) is 1. The second-order valence-corrected chi connectivity index (χ2v) is 7.23. The highest BCUT2D eigenvalue weighted by atomic mass is 35.5. The van der Waals surface area contributed by atoms with Gasteiger partial charge in [0, 0.05) is 31.7 Å². The van der Waals surface area contributed by atoms with Crippen molar-refractivity contribution >= 4 is 35.2 Å². The molecule has 2 aromatic rings. The number of carboxylic acids is 1. The first kappa shape index (κ1) is 18.3. The van der Waals surface area contributed by atoms with Crippen molar-refractivity contribution in [2.75, 3.05) is 24.5 Å². The first-order valence-electron chi connectivity index (χ1n) is 8.90. The molecule has 1 fully saturated rings. The lowest BCUT2D eigenvalue weighted by molar-refractivity contribution is -0.139. The van der Waals surface area contributed by atoms with Crippen LogP contribution < -0.4 is 10.2 Å². The highest BCUT2D eigenvalue weighted by molar-refractivity contribution is 6.34. The summed E-state index contributed by atoms with van der Waals surface area (Å²) in [5.74, 6) is -2.03. The Hall–Kier alpha value is -3.06. The Bertz CT molecular complexity index is 978. The minimum absolute atomic E-state index is 0.0906. The number of carbonyl (C=O) groups is 3. The zero-order chi connectivity index (χ0) is 19.8. The predicted octanol–water partition coefficient (Wildman–Crippen LogP) is 2.69. The van der Waals surface area contributed by atoms with E-state index in [9.17, 15) is 19.5 Å². The molecule has 0 aromatic heterocycles. The van der Waals surface area contributed by atoms with Crippen LogP contribution in [-0.4, -0.2) is 47.5 Å². The normalized spacial score (nSPS) is 18.6. The SMILES string of the molecule is O=C(O)C1CN(C(=O)c2ccc(Cl)c(N3CCNC3=O)c2)Cc2ccccc21. The van der Waals surface area contributed by atoms with Gasteiger partial charge in [-0.1, -0.05) is 35.9 Å². The van der Waals surface area contributed by atoms with Crippen LogP contribution in [0.5, 0.6) is 0 Å². The lowest BCUT2D eigenvalue weighted by Gasteiger charge is -2.33.